The predicted molar refractivity (Wildman–Crippen MR) is 460 cm³/mol. The summed E-state index contributed by atoms with van der Waals surface area (Å²) in [5.74, 6) is -0.773. The van der Waals surface area contributed by atoms with Crippen molar-refractivity contribution in [2.75, 3.05) is 41.0 Å². The van der Waals surface area contributed by atoms with Crippen molar-refractivity contribution in [3.63, 3.8) is 0 Å². The molecule has 122 heavy (non-hydrogen) atoms. The fourth-order valence-electron chi connectivity index (χ4n) is 25.1. The van der Waals surface area contributed by atoms with Gasteiger partial charge in [0.05, 0.1) is 33.1 Å². The van der Waals surface area contributed by atoms with E-state index in [1.54, 1.807) is 24.7 Å². The zero-order valence-electron chi connectivity index (χ0n) is 70.8. The number of para-hydroxylation sites is 6. The molecule has 12 bridgehead atoms. The predicted octanol–water partition coefficient (Wildman–Crippen LogP) is 11.3. The molecule has 3 amide bonds. The molecule has 0 spiro atoms. The summed E-state index contributed by atoms with van der Waals surface area (Å²) in [6.07, 6.45) is 43.1. The van der Waals surface area contributed by atoms with E-state index in [0.717, 1.165) is 124 Å². The van der Waals surface area contributed by atoms with Gasteiger partial charge in [0, 0.05) is 93.6 Å². The lowest BCUT2D eigenvalue weighted by Gasteiger charge is -2.55. The third kappa shape index (κ3) is 18.7. The van der Waals surface area contributed by atoms with Gasteiger partial charge in [-0.3, -0.25) is 43.5 Å². The number of amides is 3. The first-order valence-corrected chi connectivity index (χ1v) is 45.5. The van der Waals surface area contributed by atoms with Gasteiger partial charge in [0.15, 0.2) is 34.2 Å². The molecule has 0 radical (unpaired) electrons. The number of oxime groups is 3. The number of nitrogens with one attached hydrogen (secondary N) is 1. The molecule has 3 aromatic heterocycles. The number of piperidine rings is 6. The maximum Gasteiger partial charge on any atom is 0.344 e. The Labute approximate surface area is 710 Å². The molecule has 9 unspecified atom stereocenters. The largest absolute Gasteiger partial charge is 0.479 e. The van der Waals surface area contributed by atoms with Crippen molar-refractivity contribution in [3.8, 4) is 0 Å². The van der Waals surface area contributed by atoms with Crippen molar-refractivity contribution in [1.82, 2.24) is 53.6 Å². The second-order valence-electron chi connectivity index (χ2n) is 37.5. The molecular formula is C92H121N15O15. The minimum atomic E-state index is -1.26. The van der Waals surface area contributed by atoms with Crippen molar-refractivity contribution in [3.05, 3.63) is 121 Å². The van der Waals surface area contributed by atoms with Crippen LogP contribution in [0.1, 0.15) is 260 Å². The summed E-state index contributed by atoms with van der Waals surface area (Å²) in [5.41, 5.74) is 6.73. The van der Waals surface area contributed by atoms with Crippen LogP contribution in [0.4, 0.5) is 0 Å². The molecular weight excluding hydrogens is 1560 g/mol. The standard InChI is InChI=1S/2C31H41N5O5.C30H39N5O5/c1-34(2)30(39)29(33-41-18-27(37)38)28-31(40)36(26-12-4-3-11-25(26)32-28)24-16-21-9-6-10-22(17-24)35(21)23-14-19-7-5-8-20(13-19)15-23;1-32-30(39)28(34-41-18-27(37)38)29-31(40)36(26-12-5-4-11-25(26)33-29)24-16-21-9-6-10-22(17-24)35(21)23-14-19-7-2-3-8-20(13-19)15-23;31-29(38)27(33-40-17-26(36)37)28-30(39)35(25-11-4-3-10-24(25)32-28)23-15-20-8-5-9-21(16-23)34(20)22-13-18-6-1-2-7-19(12-18)14-22/h3-4,11-12,19-24H,5-10,13-18H2,1-2H3,(H,37,38);4-5,11-12,19-24H,2-3,6-10,13-18H2,1H3,(H,32,39)(H,37,38);3-4,10-11,18-23H,1-2,5-9,12-17H2,(H2,31,38)(H,36,37)/t2*19?,20?,21-,22+,23?,24?;18?,19?,20-,21+,22?,23?. The molecule has 9 heterocycles. The quantitative estimate of drug-likeness (QED) is 0.0330. The summed E-state index contributed by atoms with van der Waals surface area (Å²) in [5, 5.41) is 40.6. The molecule has 6 N–H and O–H groups in total. The SMILES string of the molecule is CN(C)C(=O)C(=NOCC(=O)O)c1nc2ccccc2n(C2C[C@H]3CCC[C@@H](C2)N3C2CC3CCCC(C3)C2)c1=O.CNC(=O)C(=NOCC(=O)O)c1nc2ccccc2n(C2C[C@H]3CCC[C@@H](C2)N3C2CC3CCCCC(C3)C2)c1=O.NC(=O)C(=NOCC(=O)O)c1nc2ccccc2n(C2C[C@H]3CCC[C@@H](C2)N3C2CC3CCCCC(C3)C2)c1=O. The highest BCUT2D eigenvalue weighted by molar-refractivity contribution is 6.45. The number of nitrogens with zero attached hydrogens (tertiary/aromatic N) is 13. The molecule has 3 aromatic carbocycles. The Morgan fingerprint density at radius 3 is 0.943 bits per heavy atom. The molecule has 6 saturated heterocycles. The number of aliphatic carboxylic acids is 3. The Hall–Kier alpha value is -9.81. The Morgan fingerprint density at radius 2 is 0.648 bits per heavy atom. The van der Waals surface area contributed by atoms with E-state index in [1.807, 2.05) is 75.9 Å². The number of hydrogen-bond acceptors (Lipinski definition) is 21. The molecule has 6 aliphatic heterocycles. The maximum atomic E-state index is 14.2. The zero-order valence-corrected chi connectivity index (χ0v) is 70.8. The van der Waals surface area contributed by atoms with Crippen molar-refractivity contribution in [2.45, 2.75) is 297 Å². The topological polar surface area (TPSA) is 384 Å². The van der Waals surface area contributed by atoms with Crippen LogP contribution in [0.3, 0.4) is 0 Å². The van der Waals surface area contributed by atoms with Gasteiger partial charge in [-0.25, -0.2) is 29.3 Å². The highest BCUT2D eigenvalue weighted by Crippen LogP contribution is 2.52. The van der Waals surface area contributed by atoms with Crippen LogP contribution in [0, 0.1) is 35.5 Å². The summed E-state index contributed by atoms with van der Waals surface area (Å²) >= 11 is 0. The molecule has 12 fully saturated rings. The van der Waals surface area contributed by atoms with Crippen LogP contribution in [0.15, 0.2) is 103 Å². The van der Waals surface area contributed by atoms with Gasteiger partial charge < -0.3 is 59.5 Å². The van der Waals surface area contributed by atoms with E-state index in [-0.39, 0.29) is 52.2 Å². The van der Waals surface area contributed by atoms with Gasteiger partial charge in [0.1, 0.15) is 0 Å². The smallest absolute Gasteiger partial charge is 0.344 e. The lowest BCUT2D eigenvalue weighted by molar-refractivity contribution is -0.143. The molecule has 18 rings (SSSR count). The number of aromatic nitrogens is 6. The average Bonchev–Trinajstić information content (AvgIpc) is 0.782. The first-order chi connectivity index (χ1) is 59.1. The van der Waals surface area contributed by atoms with E-state index in [1.165, 1.54) is 160 Å². The van der Waals surface area contributed by atoms with E-state index in [4.69, 9.17) is 35.6 Å². The Balaban J connectivity index is 0.000000136. The lowest BCUT2D eigenvalue weighted by Crippen LogP contribution is -2.58. The van der Waals surface area contributed by atoms with Gasteiger partial charge in [0.25, 0.3) is 34.4 Å². The maximum absolute atomic E-state index is 14.2. The van der Waals surface area contributed by atoms with Crippen LogP contribution in [-0.2, 0) is 43.3 Å². The number of carbonyl (C=O) groups excluding carboxylic acids is 3. The second kappa shape index (κ2) is 38.1. The molecule has 12 aliphatic rings. The van der Waals surface area contributed by atoms with Crippen LogP contribution in [0.5, 0.6) is 0 Å². The number of fused-ring (bicyclic) bond motifs is 15. The van der Waals surface area contributed by atoms with Crippen LogP contribution < -0.4 is 27.7 Å². The molecule has 6 aromatic rings. The number of hydrogen-bond donors (Lipinski definition) is 5. The van der Waals surface area contributed by atoms with E-state index in [0.29, 0.717) is 76.4 Å². The van der Waals surface area contributed by atoms with Crippen molar-refractivity contribution in [2.24, 2.45) is 56.7 Å². The van der Waals surface area contributed by atoms with E-state index >= 15 is 0 Å². The summed E-state index contributed by atoms with van der Waals surface area (Å²) in [7, 11) is 4.52. The molecule has 30 nitrogen and oxygen atoms in total. The van der Waals surface area contributed by atoms with Gasteiger partial charge in [-0.05, 0) is 207 Å². The number of carboxylic acid groups (broad SMARTS) is 3. The van der Waals surface area contributed by atoms with Crippen LogP contribution >= 0.6 is 0 Å². The summed E-state index contributed by atoms with van der Waals surface area (Å²) in [4.78, 5) is 152. The Kier molecular flexibility index (Phi) is 26.8. The van der Waals surface area contributed by atoms with E-state index in [2.05, 4.69) is 50.4 Å². The zero-order chi connectivity index (χ0) is 85.0. The minimum absolute atomic E-state index is 0.0283. The summed E-state index contributed by atoms with van der Waals surface area (Å²) in [6, 6.07) is 26.9. The molecule has 6 aliphatic carbocycles. The summed E-state index contributed by atoms with van der Waals surface area (Å²) < 4.78 is 5.46. The van der Waals surface area contributed by atoms with Gasteiger partial charge in [-0.15, -0.1) is 0 Å². The number of primary amides is 1. The number of likely N-dealkylation sites (N-methyl/N-ethyl adjacent to an activating group) is 2. The fraction of sp³-hybridized carbons (Fsp3) is 0.641. The molecule has 6 saturated carbocycles. The Bertz CT molecular complexity index is 5080. The van der Waals surface area contributed by atoms with Gasteiger partial charge in [0.2, 0.25) is 19.8 Å². The number of carboxylic acids is 3. The highest BCUT2D eigenvalue weighted by atomic mass is 16.6. The van der Waals surface area contributed by atoms with Gasteiger partial charge in [-0.1, -0.05) is 142 Å². The fourth-order valence-corrected chi connectivity index (χ4v) is 25.1. The van der Waals surface area contributed by atoms with Crippen LogP contribution in [0.2, 0.25) is 0 Å². The van der Waals surface area contributed by atoms with Crippen LogP contribution in [-0.4, -0.2) is 212 Å². The monoisotopic (exact) mass is 1680 g/mol. The number of nitrogens with two attached hydrogens (primary N) is 1. The van der Waals surface area contributed by atoms with Crippen LogP contribution in [0.25, 0.3) is 33.1 Å². The molecule has 15 atom stereocenters. The van der Waals surface area contributed by atoms with Crippen molar-refractivity contribution < 1.29 is 58.6 Å². The number of benzene rings is 3. The highest BCUT2D eigenvalue weighted by Gasteiger charge is 2.50. The molecule has 654 valence electrons. The number of carbonyl (C=O) groups is 6. The summed E-state index contributed by atoms with van der Waals surface area (Å²) in [6.45, 7) is -2.22. The van der Waals surface area contributed by atoms with Gasteiger partial charge >= 0.3 is 17.9 Å². The van der Waals surface area contributed by atoms with Gasteiger partial charge in [-0.2, -0.15) is 0 Å². The minimum Gasteiger partial charge on any atom is -0.479 e. The third-order valence-corrected chi connectivity index (χ3v) is 29.6. The normalized spacial score (nSPS) is 30.5. The number of rotatable bonds is 21. The first kappa shape index (κ1) is 85.7. The van der Waals surface area contributed by atoms with E-state index in [9.17, 15) is 43.2 Å². The molecule has 30 heteroatoms. The second-order valence-corrected chi connectivity index (χ2v) is 37.5. The van der Waals surface area contributed by atoms with E-state index < -0.39 is 72.3 Å². The third-order valence-electron chi connectivity index (χ3n) is 29.6. The average molecular weight is 1680 g/mol. The first-order valence-electron chi connectivity index (χ1n) is 45.5. The van der Waals surface area contributed by atoms with Crippen molar-refractivity contribution >= 4 is 85.9 Å². The van der Waals surface area contributed by atoms with Crippen molar-refractivity contribution in [1.29, 1.82) is 0 Å². The lowest BCUT2D eigenvalue weighted by atomic mass is 9.68. The Morgan fingerprint density at radius 1 is 0.377 bits per heavy atom.